The molecule has 4 heterocycles. The van der Waals surface area contributed by atoms with Crippen LogP contribution in [0.25, 0.3) is 11.2 Å². The van der Waals surface area contributed by atoms with Crippen molar-refractivity contribution in [1.82, 2.24) is 24.8 Å². The monoisotopic (exact) mass is 464 g/mol. The molecule has 2 atom stereocenters. The fourth-order valence-electron chi connectivity index (χ4n) is 4.85. The van der Waals surface area contributed by atoms with Gasteiger partial charge in [-0.3, -0.25) is 9.59 Å². The van der Waals surface area contributed by atoms with Crippen molar-refractivity contribution in [2.75, 3.05) is 24.6 Å². The minimum absolute atomic E-state index is 0.149. The molecule has 2 amide bonds. The molecular formula is C23H28N8O3. The Morgan fingerprint density at radius 1 is 1.24 bits per heavy atom. The predicted octanol–water partition coefficient (Wildman–Crippen LogP) is 0.488. The maximum absolute atomic E-state index is 12.7. The average molecular weight is 465 g/mol. The van der Waals surface area contributed by atoms with Crippen LogP contribution in [0.3, 0.4) is 0 Å². The molecule has 3 aromatic rings. The zero-order chi connectivity index (χ0) is 23.7. The number of benzene rings is 1. The van der Waals surface area contributed by atoms with E-state index in [1.807, 2.05) is 12.1 Å². The minimum Gasteiger partial charge on any atom is -0.491 e. The van der Waals surface area contributed by atoms with E-state index in [1.54, 1.807) is 17.6 Å². The van der Waals surface area contributed by atoms with Gasteiger partial charge >= 0.3 is 0 Å². The van der Waals surface area contributed by atoms with Gasteiger partial charge in [-0.05, 0) is 30.9 Å². The van der Waals surface area contributed by atoms with E-state index in [1.165, 1.54) is 0 Å². The predicted molar refractivity (Wildman–Crippen MR) is 125 cm³/mol. The first kappa shape index (κ1) is 22.1. The number of H-pyrrole nitrogens is 1. The van der Waals surface area contributed by atoms with Crippen molar-refractivity contribution in [1.29, 1.82) is 0 Å². The van der Waals surface area contributed by atoms with E-state index in [0.29, 0.717) is 31.8 Å². The van der Waals surface area contributed by atoms with Crippen LogP contribution in [-0.2, 0) is 22.6 Å². The number of carbonyl (C=O) groups is 2. The molecule has 1 aromatic carbocycles. The van der Waals surface area contributed by atoms with Gasteiger partial charge in [0.1, 0.15) is 24.2 Å². The van der Waals surface area contributed by atoms with Crippen molar-refractivity contribution in [3.63, 3.8) is 0 Å². The highest BCUT2D eigenvalue weighted by Crippen LogP contribution is 2.31. The Labute approximate surface area is 196 Å². The summed E-state index contributed by atoms with van der Waals surface area (Å²) < 4.78 is 6.33. The van der Waals surface area contributed by atoms with Crippen LogP contribution in [0, 0.1) is 0 Å². The minimum atomic E-state index is -0.925. The van der Waals surface area contributed by atoms with Gasteiger partial charge in [0, 0.05) is 25.2 Å². The highest BCUT2D eigenvalue weighted by atomic mass is 16.5. The largest absolute Gasteiger partial charge is 0.491 e. The number of fused-ring (bicyclic) bond motifs is 2. The molecule has 0 spiro atoms. The number of hydrogen-bond acceptors (Lipinski definition) is 8. The molecular weight excluding hydrogens is 436 g/mol. The zero-order valence-electron chi connectivity index (χ0n) is 18.8. The Hall–Kier alpha value is -3.73. The Balaban J connectivity index is 1.30. The van der Waals surface area contributed by atoms with E-state index in [-0.39, 0.29) is 18.4 Å². The quantitative estimate of drug-likeness (QED) is 0.456. The van der Waals surface area contributed by atoms with E-state index in [2.05, 4.69) is 30.9 Å². The third-order valence-corrected chi connectivity index (χ3v) is 6.56. The number of aromatic amines is 1. The van der Waals surface area contributed by atoms with Gasteiger partial charge in [0.25, 0.3) is 0 Å². The normalized spacial score (nSPS) is 18.7. The summed E-state index contributed by atoms with van der Waals surface area (Å²) in [6, 6.07) is 5.20. The van der Waals surface area contributed by atoms with Crippen molar-refractivity contribution in [2.24, 2.45) is 11.5 Å². The van der Waals surface area contributed by atoms with Crippen LogP contribution in [0.2, 0.25) is 0 Å². The molecule has 1 unspecified atom stereocenters. The molecule has 0 bridgehead atoms. The van der Waals surface area contributed by atoms with Crippen molar-refractivity contribution in [3.05, 3.63) is 42.0 Å². The maximum atomic E-state index is 12.7. The Kier molecular flexibility index (Phi) is 6.01. The number of carbonyl (C=O) groups excluding carboxylic acids is 2. The van der Waals surface area contributed by atoms with E-state index in [4.69, 9.17) is 16.2 Å². The summed E-state index contributed by atoms with van der Waals surface area (Å²) in [7, 11) is 0. The van der Waals surface area contributed by atoms with Gasteiger partial charge in [-0.25, -0.2) is 15.0 Å². The van der Waals surface area contributed by atoms with Gasteiger partial charge in [0.05, 0.1) is 24.8 Å². The van der Waals surface area contributed by atoms with Gasteiger partial charge in [-0.2, -0.15) is 0 Å². The number of nitrogens with two attached hydrogens (primary N) is 2. The van der Waals surface area contributed by atoms with Crippen LogP contribution in [0.15, 0.2) is 30.9 Å². The molecule has 34 heavy (non-hydrogen) atoms. The van der Waals surface area contributed by atoms with Crippen molar-refractivity contribution < 1.29 is 14.3 Å². The van der Waals surface area contributed by atoms with Crippen molar-refractivity contribution >= 4 is 28.8 Å². The maximum Gasteiger partial charge on any atom is 0.240 e. The van der Waals surface area contributed by atoms with Gasteiger partial charge in [-0.15, -0.1) is 0 Å². The van der Waals surface area contributed by atoms with Crippen LogP contribution in [0.1, 0.15) is 30.4 Å². The molecule has 2 aliphatic rings. The highest BCUT2D eigenvalue weighted by Gasteiger charge is 2.30. The fourth-order valence-corrected chi connectivity index (χ4v) is 4.85. The summed E-state index contributed by atoms with van der Waals surface area (Å²) in [6.07, 6.45) is 5.74. The first-order valence-corrected chi connectivity index (χ1v) is 11.5. The molecule has 1 fully saturated rings. The highest BCUT2D eigenvalue weighted by molar-refractivity contribution is 5.87. The second-order valence-electron chi connectivity index (χ2n) is 8.78. The summed E-state index contributed by atoms with van der Waals surface area (Å²) >= 11 is 0. The lowest BCUT2D eigenvalue weighted by Crippen LogP contribution is -2.47. The van der Waals surface area contributed by atoms with Crippen LogP contribution in [-0.4, -0.2) is 68.4 Å². The van der Waals surface area contributed by atoms with Crippen LogP contribution < -0.4 is 21.1 Å². The lowest BCUT2D eigenvalue weighted by atomic mass is 9.98. The zero-order valence-corrected chi connectivity index (χ0v) is 18.8. The number of nitrogens with one attached hydrogen (secondary N) is 1. The first-order chi connectivity index (χ1) is 16.5. The molecule has 0 saturated carbocycles. The Morgan fingerprint density at radius 2 is 2.12 bits per heavy atom. The lowest BCUT2D eigenvalue weighted by Gasteiger charge is -2.32. The molecule has 11 heteroatoms. The second-order valence-corrected chi connectivity index (χ2v) is 8.78. The number of imidazole rings is 1. The molecule has 11 nitrogen and oxygen atoms in total. The number of hydrogen-bond donors (Lipinski definition) is 3. The number of amides is 2. The summed E-state index contributed by atoms with van der Waals surface area (Å²) in [4.78, 5) is 44.0. The average Bonchev–Trinajstić information content (AvgIpc) is 3.50. The molecule has 1 saturated heterocycles. The molecule has 5 N–H and O–H groups in total. The summed E-state index contributed by atoms with van der Waals surface area (Å²) in [6.45, 7) is 2.30. The molecule has 5 rings (SSSR count). The standard InChI is InChI=1S/C23H28N8O3/c24-17(9-19(25)32)23(33)30-8-6-14-3-1-5-18(16(14)10-30)34-11-15-4-2-7-31(15)22-20-21(27-12-26-20)28-13-29-22/h1,3,5,12-13,15,17H,2,4,6-11,24H2,(H2,25,32)(H,26,27,28,29)/t15?,17-/m1/s1. The first-order valence-electron chi connectivity index (χ1n) is 11.5. The summed E-state index contributed by atoms with van der Waals surface area (Å²) in [5.41, 5.74) is 14.7. The Bertz CT molecular complexity index is 1210. The molecule has 2 aliphatic heterocycles. The third kappa shape index (κ3) is 4.26. The van der Waals surface area contributed by atoms with E-state index >= 15 is 0 Å². The van der Waals surface area contributed by atoms with Gasteiger partial charge < -0.3 is 31.0 Å². The number of anilines is 1. The van der Waals surface area contributed by atoms with Crippen LogP contribution in [0.5, 0.6) is 5.75 Å². The van der Waals surface area contributed by atoms with Gasteiger partial charge in [-0.1, -0.05) is 12.1 Å². The smallest absolute Gasteiger partial charge is 0.240 e. The molecule has 0 aliphatic carbocycles. The summed E-state index contributed by atoms with van der Waals surface area (Å²) in [5, 5.41) is 0. The number of rotatable bonds is 7. The topological polar surface area (TPSA) is 156 Å². The van der Waals surface area contributed by atoms with Gasteiger partial charge in [0.2, 0.25) is 11.8 Å². The molecule has 2 aromatic heterocycles. The van der Waals surface area contributed by atoms with E-state index < -0.39 is 11.9 Å². The van der Waals surface area contributed by atoms with Gasteiger partial charge in [0.15, 0.2) is 11.5 Å². The third-order valence-electron chi connectivity index (χ3n) is 6.56. The molecule has 178 valence electrons. The Morgan fingerprint density at radius 3 is 2.97 bits per heavy atom. The van der Waals surface area contributed by atoms with Crippen LogP contribution >= 0.6 is 0 Å². The van der Waals surface area contributed by atoms with Crippen LogP contribution in [0.4, 0.5) is 5.82 Å². The molecule has 0 radical (unpaired) electrons. The van der Waals surface area contributed by atoms with Crippen molar-refractivity contribution in [3.8, 4) is 5.75 Å². The SMILES string of the molecule is NC(=O)C[C@@H](N)C(=O)N1CCc2cccc(OCC3CCCN3c3ncnc4[nH]cnc34)c2C1. The fraction of sp³-hybridized carbons (Fsp3) is 0.435. The number of aromatic nitrogens is 4. The van der Waals surface area contributed by atoms with E-state index in [9.17, 15) is 9.59 Å². The summed E-state index contributed by atoms with van der Waals surface area (Å²) in [5.74, 6) is 0.720. The number of nitrogens with zero attached hydrogens (tertiary/aromatic N) is 5. The van der Waals surface area contributed by atoms with E-state index in [0.717, 1.165) is 47.6 Å². The lowest BCUT2D eigenvalue weighted by molar-refractivity contribution is -0.135. The second kappa shape index (κ2) is 9.26. The number of ether oxygens (including phenoxy) is 1. The van der Waals surface area contributed by atoms with Crippen molar-refractivity contribution in [2.45, 2.75) is 44.3 Å². The number of primary amides is 1.